The molecule has 0 saturated carbocycles. The second-order valence-electron chi connectivity index (χ2n) is 5.96. The van der Waals surface area contributed by atoms with E-state index in [1.54, 1.807) is 36.5 Å². The number of halogens is 1. The number of fused-ring (bicyclic) bond motifs is 1. The van der Waals surface area contributed by atoms with Crippen molar-refractivity contribution in [2.75, 3.05) is 5.32 Å². The van der Waals surface area contributed by atoms with Crippen molar-refractivity contribution in [3.63, 3.8) is 0 Å². The van der Waals surface area contributed by atoms with E-state index in [1.807, 2.05) is 12.1 Å². The molecule has 2 aromatic heterocycles. The number of benzene rings is 2. The standard InChI is InChI=1S/C20H15ClN4O2/c21-13-4-1-3-12(9-13)16-10-17(26)14-5-2-6-15(19(14)24-16)20(27)25-18-11-22-7-8-23-18/h1-11,20,27H,(H,23,25)(H,24,26). The van der Waals surface area contributed by atoms with E-state index >= 15 is 0 Å². The van der Waals surface area contributed by atoms with Gasteiger partial charge in [-0.1, -0.05) is 35.9 Å². The molecule has 4 aromatic rings. The molecular formula is C20H15ClN4O2. The first kappa shape index (κ1) is 17.2. The molecule has 0 spiro atoms. The van der Waals surface area contributed by atoms with Crippen LogP contribution >= 0.6 is 11.6 Å². The number of aromatic nitrogens is 3. The third-order valence-corrected chi connectivity index (χ3v) is 4.41. The largest absolute Gasteiger partial charge is 0.369 e. The highest BCUT2D eigenvalue weighted by Gasteiger charge is 2.15. The summed E-state index contributed by atoms with van der Waals surface area (Å²) in [5.41, 5.74) is 2.33. The molecule has 0 bridgehead atoms. The van der Waals surface area contributed by atoms with Crippen molar-refractivity contribution in [3.8, 4) is 11.3 Å². The summed E-state index contributed by atoms with van der Waals surface area (Å²) in [5, 5.41) is 14.6. The molecule has 0 amide bonds. The Hall–Kier alpha value is -3.22. The fourth-order valence-corrected chi connectivity index (χ4v) is 3.12. The summed E-state index contributed by atoms with van der Waals surface area (Å²) in [7, 11) is 0. The van der Waals surface area contributed by atoms with Crippen molar-refractivity contribution in [2.45, 2.75) is 6.23 Å². The maximum absolute atomic E-state index is 12.6. The molecule has 7 heteroatoms. The molecule has 4 rings (SSSR count). The zero-order valence-corrected chi connectivity index (χ0v) is 14.8. The van der Waals surface area contributed by atoms with Crippen molar-refractivity contribution in [1.82, 2.24) is 15.0 Å². The van der Waals surface area contributed by atoms with Gasteiger partial charge in [0.25, 0.3) is 0 Å². The zero-order chi connectivity index (χ0) is 18.8. The predicted molar refractivity (Wildman–Crippen MR) is 106 cm³/mol. The minimum absolute atomic E-state index is 0.146. The number of hydrogen-bond acceptors (Lipinski definition) is 5. The number of aliphatic hydroxyl groups is 1. The molecule has 2 aromatic carbocycles. The Labute approximate surface area is 159 Å². The van der Waals surface area contributed by atoms with Crippen LogP contribution in [-0.2, 0) is 0 Å². The van der Waals surface area contributed by atoms with Crippen molar-refractivity contribution >= 4 is 28.3 Å². The number of aliphatic hydroxyl groups excluding tert-OH is 1. The summed E-state index contributed by atoms with van der Waals surface area (Å²) in [4.78, 5) is 23.9. The molecule has 2 heterocycles. The molecule has 27 heavy (non-hydrogen) atoms. The quantitative estimate of drug-likeness (QED) is 0.470. The highest BCUT2D eigenvalue weighted by atomic mass is 35.5. The number of aromatic amines is 1. The molecule has 0 radical (unpaired) electrons. The minimum atomic E-state index is -1.07. The van der Waals surface area contributed by atoms with E-state index in [1.165, 1.54) is 18.5 Å². The molecule has 0 aliphatic carbocycles. The monoisotopic (exact) mass is 378 g/mol. The Morgan fingerprint density at radius 1 is 1.11 bits per heavy atom. The van der Waals surface area contributed by atoms with Crippen LogP contribution in [0.2, 0.25) is 5.02 Å². The predicted octanol–water partition coefficient (Wildman–Crippen LogP) is 3.74. The molecule has 0 aliphatic rings. The number of hydrogen-bond donors (Lipinski definition) is 3. The van der Waals surface area contributed by atoms with Gasteiger partial charge in [0.2, 0.25) is 0 Å². The third kappa shape index (κ3) is 3.53. The van der Waals surface area contributed by atoms with Crippen LogP contribution in [0.3, 0.4) is 0 Å². The summed E-state index contributed by atoms with van der Waals surface area (Å²) < 4.78 is 0. The van der Waals surface area contributed by atoms with Crippen LogP contribution in [0, 0.1) is 0 Å². The van der Waals surface area contributed by atoms with Crippen LogP contribution < -0.4 is 10.7 Å². The van der Waals surface area contributed by atoms with E-state index < -0.39 is 6.23 Å². The SMILES string of the molecule is O=c1cc(-c2cccc(Cl)c2)[nH]c2c(C(O)Nc3cnccn3)cccc12. The van der Waals surface area contributed by atoms with Crippen LogP contribution in [0.1, 0.15) is 11.8 Å². The molecule has 0 saturated heterocycles. The average molecular weight is 379 g/mol. The molecule has 1 unspecified atom stereocenters. The summed E-state index contributed by atoms with van der Waals surface area (Å²) in [6.07, 6.45) is 3.51. The lowest BCUT2D eigenvalue weighted by Gasteiger charge is -2.16. The molecular weight excluding hydrogens is 364 g/mol. The summed E-state index contributed by atoms with van der Waals surface area (Å²) in [5.74, 6) is 0.426. The molecule has 3 N–H and O–H groups in total. The maximum atomic E-state index is 12.6. The highest BCUT2D eigenvalue weighted by Crippen LogP contribution is 2.26. The summed E-state index contributed by atoms with van der Waals surface area (Å²) in [6, 6.07) is 13.9. The lowest BCUT2D eigenvalue weighted by atomic mass is 10.1. The number of nitrogens with one attached hydrogen (secondary N) is 2. The second-order valence-corrected chi connectivity index (χ2v) is 6.40. The van der Waals surface area contributed by atoms with E-state index in [0.29, 0.717) is 33.0 Å². The van der Waals surface area contributed by atoms with E-state index in [9.17, 15) is 9.90 Å². The van der Waals surface area contributed by atoms with Crippen molar-refractivity contribution in [3.05, 3.63) is 87.9 Å². The van der Waals surface area contributed by atoms with Gasteiger partial charge in [0.05, 0.1) is 11.7 Å². The van der Waals surface area contributed by atoms with Gasteiger partial charge < -0.3 is 15.4 Å². The van der Waals surface area contributed by atoms with Gasteiger partial charge in [0.1, 0.15) is 5.82 Å². The number of para-hydroxylation sites is 1. The van der Waals surface area contributed by atoms with Gasteiger partial charge in [0, 0.05) is 40.1 Å². The topological polar surface area (TPSA) is 90.9 Å². The molecule has 134 valence electrons. The van der Waals surface area contributed by atoms with Gasteiger partial charge in [-0.05, 0) is 23.8 Å². The Kier molecular flexibility index (Phi) is 4.58. The van der Waals surface area contributed by atoms with Gasteiger partial charge in [-0.15, -0.1) is 0 Å². The summed E-state index contributed by atoms with van der Waals surface area (Å²) in [6.45, 7) is 0. The molecule has 6 nitrogen and oxygen atoms in total. The van der Waals surface area contributed by atoms with Gasteiger partial charge in [-0.2, -0.15) is 0 Å². The summed E-state index contributed by atoms with van der Waals surface area (Å²) >= 11 is 6.07. The van der Waals surface area contributed by atoms with Gasteiger partial charge in [-0.25, -0.2) is 4.98 Å². The van der Waals surface area contributed by atoms with E-state index in [-0.39, 0.29) is 5.43 Å². The van der Waals surface area contributed by atoms with Crippen molar-refractivity contribution in [2.24, 2.45) is 0 Å². The highest BCUT2D eigenvalue weighted by molar-refractivity contribution is 6.30. The fraction of sp³-hybridized carbons (Fsp3) is 0.0500. The molecule has 1 atom stereocenters. The van der Waals surface area contributed by atoms with Crippen LogP contribution in [0.25, 0.3) is 22.2 Å². The van der Waals surface area contributed by atoms with Crippen LogP contribution in [-0.4, -0.2) is 20.1 Å². The van der Waals surface area contributed by atoms with Crippen molar-refractivity contribution < 1.29 is 5.11 Å². The first-order chi connectivity index (χ1) is 13.1. The van der Waals surface area contributed by atoms with E-state index in [4.69, 9.17) is 11.6 Å². The second kappa shape index (κ2) is 7.19. The molecule has 0 fully saturated rings. The number of rotatable bonds is 4. The fourth-order valence-electron chi connectivity index (χ4n) is 2.93. The average Bonchev–Trinajstić information content (AvgIpc) is 2.68. The van der Waals surface area contributed by atoms with Gasteiger partial charge >= 0.3 is 0 Å². The van der Waals surface area contributed by atoms with Gasteiger partial charge in [-0.3, -0.25) is 9.78 Å². The third-order valence-electron chi connectivity index (χ3n) is 4.18. The van der Waals surface area contributed by atoms with E-state index in [2.05, 4.69) is 20.3 Å². The van der Waals surface area contributed by atoms with Crippen molar-refractivity contribution in [1.29, 1.82) is 0 Å². The smallest absolute Gasteiger partial charge is 0.190 e. The van der Waals surface area contributed by atoms with Gasteiger partial charge in [0.15, 0.2) is 11.7 Å². The lowest BCUT2D eigenvalue weighted by Crippen LogP contribution is -2.13. The Balaban J connectivity index is 1.83. The van der Waals surface area contributed by atoms with Crippen LogP contribution in [0.4, 0.5) is 5.82 Å². The van der Waals surface area contributed by atoms with Crippen LogP contribution in [0.15, 0.2) is 71.9 Å². The first-order valence-electron chi connectivity index (χ1n) is 8.24. The number of nitrogens with zero attached hydrogens (tertiary/aromatic N) is 2. The Morgan fingerprint density at radius 3 is 2.74 bits per heavy atom. The lowest BCUT2D eigenvalue weighted by molar-refractivity contribution is 0.209. The number of pyridine rings is 1. The number of H-pyrrole nitrogens is 1. The molecule has 0 aliphatic heterocycles. The first-order valence-corrected chi connectivity index (χ1v) is 8.62. The maximum Gasteiger partial charge on any atom is 0.190 e. The number of anilines is 1. The zero-order valence-electron chi connectivity index (χ0n) is 14.1. The minimum Gasteiger partial charge on any atom is -0.369 e. The van der Waals surface area contributed by atoms with E-state index in [0.717, 1.165) is 5.56 Å². The Bertz CT molecular complexity index is 1160. The van der Waals surface area contributed by atoms with Crippen LogP contribution in [0.5, 0.6) is 0 Å². The normalized spacial score (nSPS) is 12.1. The Morgan fingerprint density at radius 2 is 1.96 bits per heavy atom.